The molecule has 0 rings (SSSR count). The van der Waals surface area contributed by atoms with Gasteiger partial charge in [-0.25, -0.2) is 0 Å². The summed E-state index contributed by atoms with van der Waals surface area (Å²) in [5.74, 6) is -3.50. The van der Waals surface area contributed by atoms with Gasteiger partial charge in [-0.2, -0.15) is 14.8 Å². The van der Waals surface area contributed by atoms with Crippen molar-refractivity contribution in [3.63, 3.8) is 0 Å². The molecule has 24 heavy (non-hydrogen) atoms. The first kappa shape index (κ1) is 28.4. The van der Waals surface area contributed by atoms with Crippen molar-refractivity contribution in [2.75, 3.05) is 0 Å². The Labute approximate surface area is 166 Å². The topological polar surface area (TPSA) is 129 Å². The maximum absolute atomic E-state index is 10.2. The van der Waals surface area contributed by atoms with Crippen LogP contribution in [0.5, 0.6) is 0 Å². The van der Waals surface area contributed by atoms with Gasteiger partial charge in [-0.05, 0) is 12.8 Å². The zero-order valence-electron chi connectivity index (χ0n) is 14.3. The van der Waals surface area contributed by atoms with Crippen LogP contribution in [0.1, 0.15) is 57.8 Å². The Bertz CT molecular complexity index is 449. The minimum absolute atomic E-state index is 0. The van der Waals surface area contributed by atoms with Gasteiger partial charge >= 0.3 is 41.5 Å². The van der Waals surface area contributed by atoms with Crippen LogP contribution in [0.2, 0.25) is 0 Å². The second kappa shape index (κ2) is 17.4. The summed E-state index contributed by atoms with van der Waals surface area (Å²) < 4.78 is 28.7. The van der Waals surface area contributed by atoms with Crippen LogP contribution >= 0.6 is 0 Å². The first-order valence-corrected chi connectivity index (χ1v) is 8.98. The molecular weight excluding hydrogens is 347 g/mol. The van der Waals surface area contributed by atoms with E-state index in [0.29, 0.717) is 0 Å². The smallest absolute Gasteiger partial charge is 0.481 e. The molecular formula is C15H27NaO7S. The Morgan fingerprint density at radius 2 is 1.50 bits per heavy atom. The van der Waals surface area contributed by atoms with E-state index in [2.05, 4.69) is 13.5 Å². The van der Waals surface area contributed by atoms with E-state index in [1.54, 1.807) is 0 Å². The van der Waals surface area contributed by atoms with Gasteiger partial charge in [-0.1, -0.05) is 38.2 Å². The number of aliphatic carboxylic acids is 2. The minimum Gasteiger partial charge on any atom is -0.481 e. The summed E-state index contributed by atoms with van der Waals surface area (Å²) in [5.41, 5.74) is 0. The summed E-state index contributed by atoms with van der Waals surface area (Å²) in [6.45, 7) is 7.52. The molecule has 0 heterocycles. The summed E-state index contributed by atoms with van der Waals surface area (Å²) in [7, 11) is -4.84. The Balaban J connectivity index is -0.000000354. The van der Waals surface area contributed by atoms with E-state index in [9.17, 15) is 18.0 Å². The zero-order valence-corrected chi connectivity index (χ0v) is 17.1. The summed E-state index contributed by atoms with van der Waals surface area (Å²) >= 11 is 0. The van der Waals surface area contributed by atoms with Crippen molar-refractivity contribution in [3.05, 3.63) is 19.6 Å². The van der Waals surface area contributed by atoms with Gasteiger partial charge in [0.05, 0.1) is 6.42 Å². The summed E-state index contributed by atoms with van der Waals surface area (Å²) in [6.07, 6.45) is 11.3. The van der Waals surface area contributed by atoms with E-state index in [1.165, 1.54) is 44.9 Å². The molecule has 0 saturated carbocycles. The van der Waals surface area contributed by atoms with E-state index in [0.717, 1.165) is 6.42 Å². The average molecular weight is 374 g/mol. The fraction of sp³-hybridized carbons (Fsp3) is 0.667. The molecule has 0 amide bonds. The van der Waals surface area contributed by atoms with Crippen molar-refractivity contribution < 1.29 is 62.3 Å². The molecule has 1 unspecified atom stereocenters. The Kier molecular flexibility index (Phi) is 20.6. The Morgan fingerprint density at radius 1 is 1.04 bits per heavy atom. The molecule has 0 bridgehead atoms. The predicted octanol–water partition coefficient (Wildman–Crippen LogP) is -0.0666. The molecule has 3 N–H and O–H groups in total. The van der Waals surface area contributed by atoms with E-state index in [1.807, 2.05) is 6.08 Å². The van der Waals surface area contributed by atoms with Crippen LogP contribution in [0.4, 0.5) is 0 Å². The number of allylic oxidation sites excluding steroid dienone is 1. The van der Waals surface area contributed by atoms with Crippen LogP contribution < -0.4 is 29.6 Å². The van der Waals surface area contributed by atoms with Gasteiger partial charge in [-0.15, -0.1) is 6.58 Å². The molecule has 0 aromatic rings. The summed E-state index contributed by atoms with van der Waals surface area (Å²) in [6, 6.07) is 0. The third kappa shape index (κ3) is 19.6. The maximum atomic E-state index is 10.2. The Morgan fingerprint density at radius 3 is 1.79 bits per heavy atom. The van der Waals surface area contributed by atoms with Crippen LogP contribution in [-0.2, 0) is 19.7 Å². The molecule has 1 atom stereocenters. The van der Waals surface area contributed by atoms with Crippen molar-refractivity contribution in [2.45, 2.75) is 63.0 Å². The second-order valence-corrected chi connectivity index (χ2v) is 6.59. The maximum Gasteiger partial charge on any atom is 1.00 e. The van der Waals surface area contributed by atoms with Crippen molar-refractivity contribution in [3.8, 4) is 0 Å². The number of rotatable bonds is 12. The molecule has 0 fully saturated rings. The van der Waals surface area contributed by atoms with E-state index < -0.39 is 33.7 Å². The molecule has 0 aromatic heterocycles. The molecule has 0 aromatic carbocycles. The normalized spacial score (nSPS) is 11.4. The molecule has 9 heteroatoms. The van der Waals surface area contributed by atoms with E-state index in [-0.39, 0.29) is 29.6 Å². The molecule has 0 radical (unpaired) electrons. The summed E-state index contributed by atoms with van der Waals surface area (Å²) in [4.78, 5) is 20.0. The fourth-order valence-corrected chi connectivity index (χ4v) is 2.26. The van der Waals surface area contributed by atoms with Gasteiger partial charge in [0.15, 0.2) is 5.25 Å². The van der Waals surface area contributed by atoms with Gasteiger partial charge in [0.25, 0.3) is 10.1 Å². The minimum atomic E-state index is -4.84. The van der Waals surface area contributed by atoms with Crippen LogP contribution in [0.15, 0.2) is 12.7 Å². The van der Waals surface area contributed by atoms with E-state index in [4.69, 9.17) is 14.8 Å². The van der Waals surface area contributed by atoms with Crippen molar-refractivity contribution >= 4 is 22.1 Å². The number of hydrogen-bond donors (Lipinski definition) is 3. The number of hydrogen-bond acceptors (Lipinski definition) is 4. The van der Waals surface area contributed by atoms with Gasteiger partial charge in [0.2, 0.25) is 0 Å². The van der Waals surface area contributed by atoms with Gasteiger partial charge in [-0.3, -0.25) is 14.1 Å². The van der Waals surface area contributed by atoms with Crippen LogP contribution in [0.3, 0.4) is 0 Å². The molecule has 0 spiro atoms. The first-order chi connectivity index (χ1) is 10.7. The summed E-state index contributed by atoms with van der Waals surface area (Å²) in [5, 5.41) is 13.9. The second-order valence-electron chi connectivity index (χ2n) is 4.99. The van der Waals surface area contributed by atoms with Crippen molar-refractivity contribution in [1.29, 1.82) is 0 Å². The fourth-order valence-electron chi connectivity index (χ4n) is 1.65. The number of carboxylic acids is 2. The Hall–Kier alpha value is -0.410. The number of unbranched alkanes of at least 4 members (excludes halogenated alkanes) is 7. The molecule has 136 valence electrons. The van der Waals surface area contributed by atoms with Gasteiger partial charge in [0.1, 0.15) is 0 Å². The standard InChI is InChI=1S/C11H21.C4H6O7S.Na/c1-3-5-7-9-11-10-8-6-4-2;5-3(6)1-2(4(7)8)12(9,10)11;/h3H,1-2,4-11H2;2H,1H2,(H,5,6)(H,7,8)(H,9,10,11);/q-1;;+1. The SMILES string of the molecule is C=CCCCCCCCC[CH2-].O=C(O)CC(C(=O)O)S(=O)(=O)O.[Na+]. The van der Waals surface area contributed by atoms with Crippen LogP contribution in [-0.4, -0.2) is 40.4 Å². The van der Waals surface area contributed by atoms with Gasteiger partial charge < -0.3 is 17.1 Å². The average Bonchev–Trinajstić information content (AvgIpc) is 2.43. The largest absolute Gasteiger partial charge is 1.00 e. The first-order valence-electron chi connectivity index (χ1n) is 7.47. The third-order valence-electron chi connectivity index (χ3n) is 2.90. The zero-order chi connectivity index (χ0) is 18.3. The number of carbonyl (C=O) groups is 2. The van der Waals surface area contributed by atoms with Crippen molar-refractivity contribution in [1.82, 2.24) is 0 Å². The van der Waals surface area contributed by atoms with Crippen LogP contribution in [0.25, 0.3) is 0 Å². The van der Waals surface area contributed by atoms with Crippen molar-refractivity contribution in [2.24, 2.45) is 0 Å². The molecule has 0 aliphatic rings. The monoisotopic (exact) mass is 374 g/mol. The number of carboxylic acid groups (broad SMARTS) is 2. The molecule has 7 nitrogen and oxygen atoms in total. The molecule has 0 aliphatic carbocycles. The van der Waals surface area contributed by atoms with E-state index >= 15 is 0 Å². The molecule has 0 saturated heterocycles. The van der Waals surface area contributed by atoms with Crippen LogP contribution in [0, 0.1) is 6.92 Å². The predicted molar refractivity (Wildman–Crippen MR) is 87.7 cm³/mol. The van der Waals surface area contributed by atoms with Gasteiger partial charge in [0, 0.05) is 0 Å². The third-order valence-corrected chi connectivity index (χ3v) is 3.99. The molecule has 0 aliphatic heterocycles. The quantitative estimate of drug-likeness (QED) is 0.143.